The van der Waals surface area contributed by atoms with E-state index in [0.29, 0.717) is 42.9 Å². The summed E-state index contributed by atoms with van der Waals surface area (Å²) in [6.45, 7) is 5.67. The quantitative estimate of drug-likeness (QED) is 0.537. The third-order valence-electron chi connectivity index (χ3n) is 2.55. The largest absolute Gasteiger partial charge is 0.495 e. The lowest BCUT2D eigenvalue weighted by atomic mass is 10.2. The molecule has 0 aliphatic heterocycles. The van der Waals surface area contributed by atoms with Crippen LogP contribution in [0, 0.1) is 5.92 Å². The third kappa shape index (κ3) is 6.97. The number of nitrogen functional groups attached to an aromatic ring is 1. The van der Waals surface area contributed by atoms with Crippen molar-refractivity contribution < 1.29 is 19.0 Å². The highest BCUT2D eigenvalue weighted by atomic mass is 16.5. The molecular formula is C15H24N2O4. The molecule has 0 fully saturated rings. The van der Waals surface area contributed by atoms with E-state index in [1.807, 2.05) is 0 Å². The standard InChI is InChI=1S/C15H24N2O4/c1-11(2)9-20-6-7-21-10-15(18)17-13-8-12(16)4-5-14(13)19-3/h4-5,8,11H,6-7,9-10,16H2,1-3H3,(H,17,18). The van der Waals surface area contributed by atoms with Crippen molar-refractivity contribution >= 4 is 17.3 Å². The van der Waals surface area contributed by atoms with Crippen LogP contribution in [0.5, 0.6) is 5.75 Å². The number of carbonyl (C=O) groups excluding carboxylic acids is 1. The molecule has 0 aliphatic carbocycles. The summed E-state index contributed by atoms with van der Waals surface area (Å²) in [4.78, 5) is 11.8. The number of anilines is 2. The first-order valence-corrected chi connectivity index (χ1v) is 6.91. The number of carbonyl (C=O) groups is 1. The van der Waals surface area contributed by atoms with Gasteiger partial charge in [0.15, 0.2) is 0 Å². The van der Waals surface area contributed by atoms with E-state index < -0.39 is 0 Å². The first-order valence-electron chi connectivity index (χ1n) is 6.91. The highest BCUT2D eigenvalue weighted by molar-refractivity contribution is 5.93. The SMILES string of the molecule is COc1ccc(N)cc1NC(=O)COCCOCC(C)C. The molecule has 0 heterocycles. The van der Waals surface area contributed by atoms with E-state index in [1.54, 1.807) is 18.2 Å². The molecule has 1 aromatic rings. The highest BCUT2D eigenvalue weighted by Gasteiger charge is 2.08. The molecule has 0 bridgehead atoms. The summed E-state index contributed by atoms with van der Waals surface area (Å²) in [5.74, 6) is 0.782. The van der Waals surface area contributed by atoms with E-state index in [-0.39, 0.29) is 12.5 Å². The lowest BCUT2D eigenvalue weighted by molar-refractivity contribution is -0.121. The minimum atomic E-state index is -0.261. The number of hydrogen-bond donors (Lipinski definition) is 2. The lowest BCUT2D eigenvalue weighted by Gasteiger charge is -2.11. The lowest BCUT2D eigenvalue weighted by Crippen LogP contribution is -2.20. The number of rotatable bonds is 9. The first kappa shape index (κ1) is 17.3. The summed E-state index contributed by atoms with van der Waals surface area (Å²) in [5.41, 5.74) is 6.76. The number of nitrogens with one attached hydrogen (secondary N) is 1. The van der Waals surface area contributed by atoms with Gasteiger partial charge in [-0.1, -0.05) is 13.8 Å². The van der Waals surface area contributed by atoms with Crippen molar-refractivity contribution in [3.05, 3.63) is 18.2 Å². The Balaban J connectivity index is 2.29. The monoisotopic (exact) mass is 296 g/mol. The van der Waals surface area contributed by atoms with E-state index in [9.17, 15) is 4.79 Å². The van der Waals surface area contributed by atoms with Gasteiger partial charge in [-0.2, -0.15) is 0 Å². The fourth-order valence-electron chi connectivity index (χ4n) is 1.61. The Morgan fingerprint density at radius 1 is 1.29 bits per heavy atom. The molecule has 0 aromatic heterocycles. The molecule has 0 unspecified atom stereocenters. The van der Waals surface area contributed by atoms with Gasteiger partial charge in [-0.25, -0.2) is 0 Å². The van der Waals surface area contributed by atoms with Gasteiger partial charge >= 0.3 is 0 Å². The molecule has 0 spiro atoms. The molecule has 6 nitrogen and oxygen atoms in total. The fraction of sp³-hybridized carbons (Fsp3) is 0.533. The molecule has 1 amide bonds. The van der Waals surface area contributed by atoms with Crippen molar-refractivity contribution in [1.82, 2.24) is 0 Å². The fourth-order valence-corrected chi connectivity index (χ4v) is 1.61. The molecular weight excluding hydrogens is 272 g/mol. The van der Waals surface area contributed by atoms with Crippen LogP contribution in [0.4, 0.5) is 11.4 Å². The molecule has 3 N–H and O–H groups in total. The number of benzene rings is 1. The summed E-state index contributed by atoms with van der Waals surface area (Å²) in [5, 5.41) is 2.70. The second-order valence-corrected chi connectivity index (χ2v) is 5.03. The van der Waals surface area contributed by atoms with Crippen molar-refractivity contribution in [3.63, 3.8) is 0 Å². The van der Waals surface area contributed by atoms with Gasteiger partial charge in [0.25, 0.3) is 0 Å². The Hall–Kier alpha value is -1.79. The maximum absolute atomic E-state index is 11.8. The molecule has 0 radical (unpaired) electrons. The molecule has 0 aliphatic rings. The van der Waals surface area contributed by atoms with Gasteiger partial charge in [0.2, 0.25) is 5.91 Å². The number of hydrogen-bond acceptors (Lipinski definition) is 5. The predicted octanol–water partition coefficient (Wildman–Crippen LogP) is 1.91. The predicted molar refractivity (Wildman–Crippen MR) is 82.5 cm³/mol. The minimum absolute atomic E-state index is 0.0387. The molecule has 0 atom stereocenters. The van der Waals surface area contributed by atoms with Gasteiger partial charge < -0.3 is 25.3 Å². The van der Waals surface area contributed by atoms with E-state index in [0.717, 1.165) is 0 Å². The van der Waals surface area contributed by atoms with Crippen molar-refractivity contribution in [3.8, 4) is 5.75 Å². The highest BCUT2D eigenvalue weighted by Crippen LogP contribution is 2.26. The van der Waals surface area contributed by atoms with Gasteiger partial charge in [0.1, 0.15) is 12.4 Å². The third-order valence-corrected chi connectivity index (χ3v) is 2.55. The van der Waals surface area contributed by atoms with E-state index in [2.05, 4.69) is 19.2 Å². The van der Waals surface area contributed by atoms with Crippen LogP contribution in [0.25, 0.3) is 0 Å². The summed E-state index contributed by atoms with van der Waals surface area (Å²) in [6, 6.07) is 5.05. The van der Waals surface area contributed by atoms with Crippen LogP contribution in [0.15, 0.2) is 18.2 Å². The maximum Gasteiger partial charge on any atom is 0.250 e. The van der Waals surface area contributed by atoms with E-state index in [4.69, 9.17) is 19.9 Å². The summed E-state index contributed by atoms with van der Waals surface area (Å²) in [6.07, 6.45) is 0. The Labute approximate surface area is 125 Å². The van der Waals surface area contributed by atoms with Crippen LogP contribution in [0.3, 0.4) is 0 Å². The smallest absolute Gasteiger partial charge is 0.250 e. The van der Waals surface area contributed by atoms with Crippen LogP contribution in [0.2, 0.25) is 0 Å². The van der Waals surface area contributed by atoms with Crippen LogP contribution >= 0.6 is 0 Å². The van der Waals surface area contributed by atoms with Crippen molar-refractivity contribution in [2.75, 3.05) is 44.6 Å². The normalized spacial score (nSPS) is 10.7. The summed E-state index contributed by atoms with van der Waals surface area (Å²) < 4.78 is 15.7. The average Bonchev–Trinajstić information content (AvgIpc) is 2.42. The van der Waals surface area contributed by atoms with E-state index >= 15 is 0 Å². The number of amides is 1. The van der Waals surface area contributed by atoms with Gasteiger partial charge in [0, 0.05) is 12.3 Å². The van der Waals surface area contributed by atoms with Gasteiger partial charge in [0.05, 0.1) is 26.0 Å². The molecule has 118 valence electrons. The zero-order chi connectivity index (χ0) is 15.7. The van der Waals surface area contributed by atoms with E-state index in [1.165, 1.54) is 7.11 Å². The Morgan fingerprint density at radius 3 is 2.67 bits per heavy atom. The number of methoxy groups -OCH3 is 1. The van der Waals surface area contributed by atoms with Crippen LogP contribution in [0.1, 0.15) is 13.8 Å². The van der Waals surface area contributed by atoms with Crippen molar-refractivity contribution in [2.45, 2.75) is 13.8 Å². The zero-order valence-corrected chi connectivity index (χ0v) is 12.8. The van der Waals surface area contributed by atoms with Gasteiger partial charge in [-0.05, 0) is 24.1 Å². The van der Waals surface area contributed by atoms with Crippen molar-refractivity contribution in [2.24, 2.45) is 5.92 Å². The van der Waals surface area contributed by atoms with Gasteiger partial charge in [-0.3, -0.25) is 4.79 Å². The molecule has 0 saturated heterocycles. The molecule has 0 saturated carbocycles. The minimum Gasteiger partial charge on any atom is -0.495 e. The zero-order valence-electron chi connectivity index (χ0n) is 12.8. The topological polar surface area (TPSA) is 82.8 Å². The first-order chi connectivity index (χ1) is 10.0. The maximum atomic E-state index is 11.8. The summed E-state index contributed by atoms with van der Waals surface area (Å²) in [7, 11) is 1.53. The molecule has 1 rings (SSSR count). The van der Waals surface area contributed by atoms with Crippen LogP contribution in [-0.2, 0) is 14.3 Å². The number of nitrogens with two attached hydrogens (primary N) is 1. The number of ether oxygens (including phenoxy) is 3. The second kappa shape index (κ2) is 9.20. The summed E-state index contributed by atoms with van der Waals surface area (Å²) >= 11 is 0. The Bertz CT molecular complexity index is 449. The van der Waals surface area contributed by atoms with Crippen LogP contribution in [-0.4, -0.2) is 39.4 Å². The molecule has 6 heteroatoms. The van der Waals surface area contributed by atoms with Crippen LogP contribution < -0.4 is 15.8 Å². The molecule has 21 heavy (non-hydrogen) atoms. The Kier molecular flexibility index (Phi) is 7.56. The molecule has 1 aromatic carbocycles. The average molecular weight is 296 g/mol. The Morgan fingerprint density at radius 2 is 2.00 bits per heavy atom. The van der Waals surface area contributed by atoms with Crippen molar-refractivity contribution in [1.29, 1.82) is 0 Å². The second-order valence-electron chi connectivity index (χ2n) is 5.03. The van der Waals surface area contributed by atoms with Gasteiger partial charge in [-0.15, -0.1) is 0 Å².